The molecule has 1 saturated carbocycles. The second-order valence-electron chi connectivity index (χ2n) is 3.91. The maximum absolute atomic E-state index is 11.5. The predicted octanol–water partition coefficient (Wildman–Crippen LogP) is 0.242. The van der Waals surface area contributed by atoms with E-state index in [1.54, 1.807) is 0 Å². The van der Waals surface area contributed by atoms with E-state index in [9.17, 15) is 8.42 Å². The van der Waals surface area contributed by atoms with E-state index in [-0.39, 0.29) is 23.7 Å². The minimum absolute atomic E-state index is 0. The van der Waals surface area contributed by atoms with Crippen LogP contribution >= 0.6 is 12.4 Å². The molecule has 1 unspecified atom stereocenters. The zero-order valence-corrected chi connectivity index (χ0v) is 9.66. The van der Waals surface area contributed by atoms with E-state index >= 15 is 0 Å². The number of nitrogens with one attached hydrogen (secondary N) is 2. The molecule has 0 amide bonds. The van der Waals surface area contributed by atoms with Crippen molar-refractivity contribution in [3.05, 3.63) is 0 Å². The summed E-state index contributed by atoms with van der Waals surface area (Å²) in [7, 11) is -2.98. The highest BCUT2D eigenvalue weighted by molar-refractivity contribution is 7.90. The molecule has 2 fully saturated rings. The minimum Gasteiger partial charge on any atom is -0.315 e. The van der Waals surface area contributed by atoms with Crippen molar-refractivity contribution in [1.29, 1.82) is 0 Å². The summed E-state index contributed by atoms with van der Waals surface area (Å²) in [5, 5.41) is 3.10. The molecule has 0 bridgehead atoms. The molecular formula is C8H17ClN2O2S. The first-order chi connectivity index (χ1) is 6.18. The van der Waals surface area contributed by atoms with Crippen LogP contribution < -0.4 is 10.0 Å². The van der Waals surface area contributed by atoms with E-state index in [0.717, 1.165) is 38.8 Å². The molecule has 0 aromatic heterocycles. The van der Waals surface area contributed by atoms with Gasteiger partial charge in [-0.3, -0.25) is 0 Å². The average molecular weight is 241 g/mol. The molecule has 0 spiro atoms. The molecule has 1 aliphatic carbocycles. The second-order valence-corrected chi connectivity index (χ2v) is 5.90. The lowest BCUT2D eigenvalue weighted by atomic mass is 10.1. The van der Waals surface area contributed by atoms with E-state index in [0.29, 0.717) is 0 Å². The highest BCUT2D eigenvalue weighted by atomic mass is 35.5. The van der Waals surface area contributed by atoms with Crippen molar-refractivity contribution < 1.29 is 8.42 Å². The van der Waals surface area contributed by atoms with Gasteiger partial charge in [0.2, 0.25) is 10.0 Å². The fraction of sp³-hybridized carbons (Fsp3) is 1.00. The molecule has 1 aliphatic heterocycles. The molecule has 84 valence electrons. The number of piperidine rings is 1. The molecule has 2 rings (SSSR count). The van der Waals surface area contributed by atoms with Gasteiger partial charge in [0.05, 0.1) is 5.25 Å². The summed E-state index contributed by atoms with van der Waals surface area (Å²) in [5.74, 6) is 0. The first kappa shape index (κ1) is 12.2. The molecule has 1 saturated heterocycles. The highest BCUT2D eigenvalue weighted by Gasteiger charge is 2.36. The third-order valence-corrected chi connectivity index (χ3v) is 4.60. The van der Waals surface area contributed by atoms with Gasteiger partial charge in [-0.25, -0.2) is 13.1 Å². The van der Waals surface area contributed by atoms with Crippen LogP contribution in [0.2, 0.25) is 0 Å². The molecule has 1 atom stereocenters. The smallest absolute Gasteiger partial charge is 0.214 e. The van der Waals surface area contributed by atoms with Crippen LogP contribution in [0.25, 0.3) is 0 Å². The van der Waals surface area contributed by atoms with Crippen molar-refractivity contribution in [2.75, 3.05) is 13.1 Å². The standard InChI is InChI=1S/C8H16N2O2S.ClH/c11-13(12,8-3-4-8)10-7-2-1-5-9-6-7;/h7-10H,1-6H2;1H. The lowest BCUT2D eigenvalue weighted by Crippen LogP contribution is -2.46. The summed E-state index contributed by atoms with van der Waals surface area (Å²) in [4.78, 5) is 0. The van der Waals surface area contributed by atoms with Gasteiger partial charge in [0, 0.05) is 12.6 Å². The van der Waals surface area contributed by atoms with Crippen LogP contribution in [0.4, 0.5) is 0 Å². The molecule has 14 heavy (non-hydrogen) atoms. The Morgan fingerprint density at radius 2 is 1.93 bits per heavy atom. The molecule has 6 heteroatoms. The van der Waals surface area contributed by atoms with Gasteiger partial charge < -0.3 is 5.32 Å². The molecular weight excluding hydrogens is 224 g/mol. The van der Waals surface area contributed by atoms with Crippen molar-refractivity contribution in [2.45, 2.75) is 37.0 Å². The average Bonchev–Trinajstić information content (AvgIpc) is 2.87. The molecule has 1 heterocycles. The minimum atomic E-state index is -2.98. The van der Waals surface area contributed by atoms with E-state index < -0.39 is 10.0 Å². The first-order valence-corrected chi connectivity index (χ1v) is 6.45. The summed E-state index contributed by atoms with van der Waals surface area (Å²) in [6.45, 7) is 1.80. The van der Waals surface area contributed by atoms with Crippen molar-refractivity contribution in [1.82, 2.24) is 10.0 Å². The molecule has 0 aromatic rings. The Balaban J connectivity index is 0.000000980. The summed E-state index contributed by atoms with van der Waals surface area (Å²) in [6.07, 6.45) is 3.72. The van der Waals surface area contributed by atoms with Gasteiger partial charge in [-0.15, -0.1) is 12.4 Å². The summed E-state index contributed by atoms with van der Waals surface area (Å²) < 4.78 is 25.8. The molecule has 2 N–H and O–H groups in total. The van der Waals surface area contributed by atoms with Gasteiger partial charge in [-0.1, -0.05) is 0 Å². The van der Waals surface area contributed by atoms with Gasteiger partial charge >= 0.3 is 0 Å². The zero-order valence-electron chi connectivity index (χ0n) is 8.03. The quantitative estimate of drug-likeness (QED) is 0.743. The molecule has 0 aromatic carbocycles. The third-order valence-electron chi connectivity index (χ3n) is 2.59. The fourth-order valence-corrected chi connectivity index (χ4v) is 3.27. The van der Waals surface area contributed by atoms with Gasteiger partial charge in [0.1, 0.15) is 0 Å². The number of hydrogen-bond acceptors (Lipinski definition) is 3. The van der Waals surface area contributed by atoms with Crippen LogP contribution in [-0.4, -0.2) is 32.8 Å². The van der Waals surface area contributed by atoms with E-state index in [1.807, 2.05) is 0 Å². The van der Waals surface area contributed by atoms with Crippen LogP contribution in [0.15, 0.2) is 0 Å². The number of hydrogen-bond donors (Lipinski definition) is 2. The summed E-state index contributed by atoms with van der Waals surface area (Å²) in [6, 6.07) is 0.124. The first-order valence-electron chi connectivity index (χ1n) is 4.90. The van der Waals surface area contributed by atoms with Crippen LogP contribution in [0, 0.1) is 0 Å². The van der Waals surface area contributed by atoms with Crippen LogP contribution in [0.3, 0.4) is 0 Å². The number of halogens is 1. The SMILES string of the molecule is Cl.O=S(=O)(NC1CCCNC1)C1CC1. The maximum atomic E-state index is 11.5. The van der Waals surface area contributed by atoms with Crippen LogP contribution in [0.5, 0.6) is 0 Å². The Labute approximate surface area is 91.3 Å². The second kappa shape index (κ2) is 4.79. The molecule has 2 aliphatic rings. The van der Waals surface area contributed by atoms with Gasteiger partial charge in [0.25, 0.3) is 0 Å². The Kier molecular flexibility index (Phi) is 4.18. The lowest BCUT2D eigenvalue weighted by Gasteiger charge is -2.23. The Hall–Kier alpha value is 0.160. The Bertz CT molecular complexity index is 271. The number of rotatable bonds is 3. The zero-order chi connectivity index (χ0) is 9.31. The van der Waals surface area contributed by atoms with Crippen LogP contribution in [-0.2, 0) is 10.0 Å². The number of sulfonamides is 1. The summed E-state index contributed by atoms with van der Waals surface area (Å²) in [5.41, 5.74) is 0. The normalized spacial score (nSPS) is 28.1. The third kappa shape index (κ3) is 3.08. The van der Waals surface area contributed by atoms with Crippen molar-refractivity contribution in [2.24, 2.45) is 0 Å². The highest BCUT2D eigenvalue weighted by Crippen LogP contribution is 2.27. The van der Waals surface area contributed by atoms with E-state index in [4.69, 9.17) is 0 Å². The van der Waals surface area contributed by atoms with E-state index in [2.05, 4.69) is 10.0 Å². The summed E-state index contributed by atoms with van der Waals surface area (Å²) >= 11 is 0. The van der Waals surface area contributed by atoms with Crippen molar-refractivity contribution >= 4 is 22.4 Å². The monoisotopic (exact) mass is 240 g/mol. The Morgan fingerprint density at radius 3 is 2.43 bits per heavy atom. The topological polar surface area (TPSA) is 58.2 Å². The fourth-order valence-electron chi connectivity index (χ4n) is 1.66. The molecule has 0 radical (unpaired) electrons. The van der Waals surface area contributed by atoms with Crippen LogP contribution in [0.1, 0.15) is 25.7 Å². The van der Waals surface area contributed by atoms with E-state index in [1.165, 1.54) is 0 Å². The van der Waals surface area contributed by atoms with Gasteiger partial charge in [-0.05, 0) is 32.2 Å². The molecule has 4 nitrogen and oxygen atoms in total. The van der Waals surface area contributed by atoms with Gasteiger partial charge in [-0.2, -0.15) is 0 Å². The Morgan fingerprint density at radius 1 is 1.21 bits per heavy atom. The van der Waals surface area contributed by atoms with Crippen molar-refractivity contribution in [3.8, 4) is 0 Å². The van der Waals surface area contributed by atoms with Gasteiger partial charge in [0.15, 0.2) is 0 Å². The lowest BCUT2D eigenvalue weighted by molar-refractivity contribution is 0.428. The van der Waals surface area contributed by atoms with Crippen molar-refractivity contribution in [3.63, 3.8) is 0 Å². The largest absolute Gasteiger partial charge is 0.315 e. The predicted molar refractivity (Wildman–Crippen MR) is 58.2 cm³/mol. The maximum Gasteiger partial charge on any atom is 0.214 e.